The monoisotopic (exact) mass is 328 g/mol. The summed E-state index contributed by atoms with van der Waals surface area (Å²) in [6, 6.07) is 7.42. The van der Waals surface area contributed by atoms with Gasteiger partial charge in [-0.15, -0.1) is 10.2 Å². The summed E-state index contributed by atoms with van der Waals surface area (Å²) >= 11 is 0. The zero-order chi connectivity index (χ0) is 16.9. The van der Waals surface area contributed by atoms with Gasteiger partial charge in [0, 0.05) is 24.2 Å². The molecule has 0 spiro atoms. The van der Waals surface area contributed by atoms with Crippen molar-refractivity contribution in [3.63, 3.8) is 0 Å². The smallest absolute Gasteiger partial charge is 0.243 e. The summed E-state index contributed by atoms with van der Waals surface area (Å²) in [6.07, 6.45) is 3.26. The van der Waals surface area contributed by atoms with E-state index in [0.29, 0.717) is 5.69 Å². The first-order valence-corrected chi connectivity index (χ1v) is 7.96. The molecule has 0 radical (unpaired) electrons. The van der Waals surface area contributed by atoms with Crippen LogP contribution in [0.2, 0.25) is 0 Å². The maximum atomic E-state index is 11.7. The van der Waals surface area contributed by atoms with E-state index in [9.17, 15) is 9.59 Å². The minimum Gasteiger partial charge on any atom is -0.346 e. The van der Waals surface area contributed by atoms with Crippen LogP contribution in [0.1, 0.15) is 18.7 Å². The molecular weight excluding hydrogens is 308 g/mol. The Morgan fingerprint density at radius 3 is 2.67 bits per heavy atom. The first-order chi connectivity index (χ1) is 11.7. The number of hydrogen-bond acceptors (Lipinski definition) is 5. The summed E-state index contributed by atoms with van der Waals surface area (Å²) in [5, 5.41) is 13.7. The molecule has 3 rings (SSSR count). The lowest BCUT2D eigenvalue weighted by atomic mass is 10.1. The highest BCUT2D eigenvalue weighted by molar-refractivity contribution is 5.94. The third kappa shape index (κ3) is 3.60. The van der Waals surface area contributed by atoms with E-state index >= 15 is 0 Å². The van der Waals surface area contributed by atoms with Gasteiger partial charge >= 0.3 is 0 Å². The minimum atomic E-state index is -0.364. The Morgan fingerprint density at radius 1 is 1.12 bits per heavy atom. The molecule has 2 aromatic rings. The van der Waals surface area contributed by atoms with Gasteiger partial charge in [-0.2, -0.15) is 0 Å². The van der Waals surface area contributed by atoms with E-state index in [2.05, 4.69) is 25.4 Å². The van der Waals surface area contributed by atoms with Crippen LogP contribution in [0.25, 0.3) is 11.4 Å². The Kier molecular flexibility index (Phi) is 4.85. The Labute approximate surface area is 139 Å². The number of fused-ring (bicyclic) bond motifs is 1. The molecule has 8 nitrogen and oxygen atoms in total. The Hall–Kier alpha value is -2.74. The minimum absolute atomic E-state index is 0.102. The SMILES string of the molecule is NCC(=O)NCC(=O)Nc1ccc(-c2nnc3n2CCCC3)cc1. The van der Waals surface area contributed by atoms with Crippen molar-refractivity contribution in [2.24, 2.45) is 5.73 Å². The molecule has 24 heavy (non-hydrogen) atoms. The molecule has 0 saturated carbocycles. The molecule has 1 aromatic heterocycles. The van der Waals surface area contributed by atoms with Crippen LogP contribution in [0, 0.1) is 0 Å². The van der Waals surface area contributed by atoms with E-state index in [1.165, 1.54) is 0 Å². The van der Waals surface area contributed by atoms with E-state index in [-0.39, 0.29) is 24.9 Å². The molecule has 1 aliphatic rings. The number of hydrogen-bond donors (Lipinski definition) is 3. The second-order valence-corrected chi connectivity index (χ2v) is 5.65. The number of carbonyl (C=O) groups excluding carboxylic acids is 2. The molecule has 0 saturated heterocycles. The fraction of sp³-hybridized carbons (Fsp3) is 0.375. The van der Waals surface area contributed by atoms with E-state index in [0.717, 1.165) is 43.0 Å². The van der Waals surface area contributed by atoms with Crippen molar-refractivity contribution in [1.82, 2.24) is 20.1 Å². The van der Waals surface area contributed by atoms with Gasteiger partial charge in [0.2, 0.25) is 11.8 Å². The quantitative estimate of drug-likeness (QED) is 0.730. The molecule has 1 aliphatic heterocycles. The lowest BCUT2D eigenvalue weighted by Crippen LogP contribution is -2.36. The Morgan fingerprint density at radius 2 is 1.92 bits per heavy atom. The molecule has 8 heteroatoms. The van der Waals surface area contributed by atoms with Gasteiger partial charge in [0.15, 0.2) is 5.82 Å². The summed E-state index contributed by atoms with van der Waals surface area (Å²) in [6.45, 7) is 0.705. The number of nitrogens with two attached hydrogens (primary N) is 1. The average molecular weight is 328 g/mol. The van der Waals surface area contributed by atoms with Crippen molar-refractivity contribution in [2.45, 2.75) is 25.8 Å². The van der Waals surface area contributed by atoms with Gasteiger partial charge in [0.1, 0.15) is 5.82 Å². The number of carbonyl (C=O) groups is 2. The van der Waals surface area contributed by atoms with Gasteiger partial charge in [-0.1, -0.05) is 0 Å². The van der Waals surface area contributed by atoms with Crippen LogP contribution in [0.3, 0.4) is 0 Å². The molecule has 2 amide bonds. The van der Waals surface area contributed by atoms with Gasteiger partial charge in [0.05, 0.1) is 13.1 Å². The molecule has 0 aliphatic carbocycles. The predicted octanol–water partition coefficient (Wildman–Crippen LogP) is 0.295. The number of benzene rings is 1. The van der Waals surface area contributed by atoms with Crippen molar-refractivity contribution < 1.29 is 9.59 Å². The highest BCUT2D eigenvalue weighted by atomic mass is 16.2. The molecule has 0 fully saturated rings. The van der Waals surface area contributed by atoms with Gasteiger partial charge in [-0.05, 0) is 37.1 Å². The number of anilines is 1. The van der Waals surface area contributed by atoms with E-state index in [1.54, 1.807) is 0 Å². The zero-order valence-corrected chi connectivity index (χ0v) is 13.3. The van der Waals surface area contributed by atoms with E-state index in [1.807, 2.05) is 24.3 Å². The third-order valence-electron chi connectivity index (χ3n) is 3.92. The molecule has 0 bridgehead atoms. The predicted molar refractivity (Wildman–Crippen MR) is 89.1 cm³/mol. The van der Waals surface area contributed by atoms with Crippen LogP contribution in [0.15, 0.2) is 24.3 Å². The Bertz CT molecular complexity index is 738. The topological polar surface area (TPSA) is 115 Å². The number of rotatable bonds is 5. The molecule has 0 atom stereocenters. The summed E-state index contributed by atoms with van der Waals surface area (Å²) in [7, 11) is 0. The number of nitrogens with one attached hydrogen (secondary N) is 2. The van der Waals surface area contributed by atoms with Crippen molar-refractivity contribution in [3.8, 4) is 11.4 Å². The van der Waals surface area contributed by atoms with Crippen molar-refractivity contribution in [2.75, 3.05) is 18.4 Å². The van der Waals surface area contributed by atoms with Gasteiger partial charge in [-0.25, -0.2) is 0 Å². The molecule has 126 valence electrons. The highest BCUT2D eigenvalue weighted by Gasteiger charge is 2.16. The molecule has 0 unspecified atom stereocenters. The highest BCUT2D eigenvalue weighted by Crippen LogP contribution is 2.24. The van der Waals surface area contributed by atoms with Crippen LogP contribution >= 0.6 is 0 Å². The second kappa shape index (κ2) is 7.22. The van der Waals surface area contributed by atoms with Crippen molar-refractivity contribution in [1.29, 1.82) is 0 Å². The van der Waals surface area contributed by atoms with E-state index < -0.39 is 0 Å². The van der Waals surface area contributed by atoms with Gasteiger partial charge < -0.3 is 20.9 Å². The number of aromatic nitrogens is 3. The lowest BCUT2D eigenvalue weighted by Gasteiger charge is -2.14. The Balaban J connectivity index is 1.64. The molecule has 4 N–H and O–H groups in total. The summed E-state index contributed by atoms with van der Waals surface area (Å²) in [5.41, 5.74) is 6.79. The van der Waals surface area contributed by atoms with Gasteiger partial charge in [0.25, 0.3) is 0 Å². The van der Waals surface area contributed by atoms with Gasteiger partial charge in [-0.3, -0.25) is 9.59 Å². The second-order valence-electron chi connectivity index (χ2n) is 5.65. The van der Waals surface area contributed by atoms with Crippen LogP contribution in [0.4, 0.5) is 5.69 Å². The standard InChI is InChI=1S/C16H20N6O2/c17-9-14(23)18-10-15(24)19-12-6-4-11(5-7-12)16-21-20-13-3-1-2-8-22(13)16/h4-7H,1-3,8-10,17H2,(H,18,23)(H,19,24). The largest absolute Gasteiger partial charge is 0.346 e. The lowest BCUT2D eigenvalue weighted by molar-refractivity contribution is -0.123. The van der Waals surface area contributed by atoms with Crippen LogP contribution in [0.5, 0.6) is 0 Å². The average Bonchev–Trinajstić information content (AvgIpc) is 3.04. The number of nitrogens with zero attached hydrogens (tertiary/aromatic N) is 3. The van der Waals surface area contributed by atoms with Crippen LogP contribution in [-0.2, 0) is 22.6 Å². The maximum Gasteiger partial charge on any atom is 0.243 e. The first kappa shape index (κ1) is 16.1. The molecule has 2 heterocycles. The number of aryl methyl sites for hydroxylation is 1. The number of amides is 2. The third-order valence-corrected chi connectivity index (χ3v) is 3.92. The molecular formula is C16H20N6O2. The fourth-order valence-electron chi connectivity index (χ4n) is 2.68. The summed E-state index contributed by atoms with van der Waals surface area (Å²) in [5.74, 6) is 1.23. The summed E-state index contributed by atoms with van der Waals surface area (Å²) in [4.78, 5) is 22.8. The van der Waals surface area contributed by atoms with E-state index in [4.69, 9.17) is 5.73 Å². The summed E-state index contributed by atoms with van der Waals surface area (Å²) < 4.78 is 2.15. The van der Waals surface area contributed by atoms with Crippen molar-refractivity contribution >= 4 is 17.5 Å². The van der Waals surface area contributed by atoms with Crippen LogP contribution < -0.4 is 16.4 Å². The first-order valence-electron chi connectivity index (χ1n) is 7.96. The normalized spacial score (nSPS) is 13.2. The van der Waals surface area contributed by atoms with Crippen molar-refractivity contribution in [3.05, 3.63) is 30.1 Å². The van der Waals surface area contributed by atoms with Crippen LogP contribution in [-0.4, -0.2) is 39.7 Å². The maximum absolute atomic E-state index is 11.7. The fourth-order valence-corrected chi connectivity index (χ4v) is 2.68. The zero-order valence-electron chi connectivity index (χ0n) is 13.3. The molecule has 1 aromatic carbocycles.